The third-order valence-corrected chi connectivity index (χ3v) is 2.69. The van der Waals surface area contributed by atoms with E-state index in [-0.39, 0.29) is 11.8 Å². The molecule has 0 amide bonds. The highest BCUT2D eigenvalue weighted by atomic mass is 35.5. The van der Waals surface area contributed by atoms with E-state index in [2.05, 4.69) is 0 Å². The Hall–Kier alpha value is -1.06. The lowest BCUT2D eigenvalue weighted by molar-refractivity contribution is -0.121. The first-order chi connectivity index (χ1) is 7.47. The van der Waals surface area contributed by atoms with Gasteiger partial charge in [0.05, 0.1) is 18.2 Å². The maximum atomic E-state index is 11.5. The first kappa shape index (κ1) is 13.0. The molecule has 3 nitrogen and oxygen atoms in total. The zero-order valence-electron chi connectivity index (χ0n) is 9.95. The van der Waals surface area contributed by atoms with Crippen LogP contribution in [0.2, 0.25) is 5.02 Å². The molecule has 0 heterocycles. The number of halogens is 1. The molecule has 1 atom stereocenters. The fraction of sp³-hybridized carbons (Fsp3) is 0.417. The maximum absolute atomic E-state index is 11.5. The first-order valence-corrected chi connectivity index (χ1v) is 5.35. The fourth-order valence-corrected chi connectivity index (χ4v) is 2.02. The van der Waals surface area contributed by atoms with E-state index in [9.17, 15) is 4.79 Å². The molecule has 0 bridgehead atoms. The van der Waals surface area contributed by atoms with Crippen LogP contribution in [0, 0.1) is 0 Å². The second kappa shape index (κ2) is 5.32. The van der Waals surface area contributed by atoms with Gasteiger partial charge < -0.3 is 4.74 Å². The zero-order chi connectivity index (χ0) is 12.3. The Labute approximate surface area is 101 Å². The molecule has 0 aliphatic carbocycles. The van der Waals surface area contributed by atoms with E-state index in [1.807, 2.05) is 25.1 Å². The molecule has 0 saturated carbocycles. The van der Waals surface area contributed by atoms with E-state index in [1.165, 1.54) is 0 Å². The van der Waals surface area contributed by atoms with Gasteiger partial charge in [-0.15, -0.1) is 0 Å². The van der Waals surface area contributed by atoms with Crippen LogP contribution >= 0.6 is 11.6 Å². The number of hydrogen-bond acceptors (Lipinski definition) is 3. The Balaban J connectivity index is 3.12. The number of benzene rings is 1. The number of Topliss-reactive ketones (excluding diaryl/α,β-unsaturated/α-hetero) is 1. The van der Waals surface area contributed by atoms with Gasteiger partial charge in [-0.3, -0.25) is 9.69 Å². The molecule has 1 unspecified atom stereocenters. The van der Waals surface area contributed by atoms with Gasteiger partial charge in [-0.1, -0.05) is 17.7 Å². The molecule has 1 rings (SSSR count). The summed E-state index contributed by atoms with van der Waals surface area (Å²) in [6, 6.07) is 5.14. The Morgan fingerprint density at radius 2 is 2.06 bits per heavy atom. The average molecular weight is 242 g/mol. The minimum atomic E-state index is -0.261. The highest BCUT2D eigenvalue weighted by Gasteiger charge is 2.19. The van der Waals surface area contributed by atoms with Crippen LogP contribution in [0.1, 0.15) is 18.5 Å². The molecule has 0 spiro atoms. The van der Waals surface area contributed by atoms with E-state index >= 15 is 0 Å². The molecule has 88 valence electrons. The standard InChI is InChI=1S/C12H16ClNO2/c1-8(15)12(14(2)3)9-5-6-11(16-4)10(13)7-9/h5-7,12H,1-4H3. The largest absolute Gasteiger partial charge is 0.495 e. The smallest absolute Gasteiger partial charge is 0.151 e. The fourth-order valence-electron chi connectivity index (χ4n) is 1.75. The van der Waals surface area contributed by atoms with Crippen LogP contribution in [-0.2, 0) is 4.79 Å². The van der Waals surface area contributed by atoms with Crippen molar-refractivity contribution in [3.63, 3.8) is 0 Å². The number of carbonyl (C=O) groups is 1. The van der Waals surface area contributed by atoms with Crippen molar-refractivity contribution >= 4 is 17.4 Å². The molecule has 0 aromatic heterocycles. The second-order valence-corrected chi connectivity index (χ2v) is 4.28. The van der Waals surface area contributed by atoms with Crippen molar-refractivity contribution in [1.29, 1.82) is 0 Å². The molecule has 1 aromatic rings. The molecule has 0 saturated heterocycles. The van der Waals surface area contributed by atoms with Crippen LogP contribution in [0.5, 0.6) is 5.75 Å². The lowest BCUT2D eigenvalue weighted by Crippen LogP contribution is -2.25. The van der Waals surface area contributed by atoms with Gasteiger partial charge in [0.1, 0.15) is 5.75 Å². The van der Waals surface area contributed by atoms with Crippen LogP contribution in [0.15, 0.2) is 18.2 Å². The Bertz CT molecular complexity index is 391. The topological polar surface area (TPSA) is 29.5 Å². The SMILES string of the molecule is COc1ccc(C(C(C)=O)N(C)C)cc1Cl. The normalized spacial score (nSPS) is 12.6. The van der Waals surface area contributed by atoms with Gasteiger partial charge in [0.15, 0.2) is 5.78 Å². The predicted octanol–water partition coefficient (Wildman–Crippen LogP) is 2.54. The summed E-state index contributed by atoms with van der Waals surface area (Å²) in [6.45, 7) is 1.57. The van der Waals surface area contributed by atoms with Crippen molar-refractivity contribution in [2.45, 2.75) is 13.0 Å². The second-order valence-electron chi connectivity index (χ2n) is 3.87. The van der Waals surface area contributed by atoms with E-state index < -0.39 is 0 Å². The molecule has 0 aliphatic rings. The van der Waals surface area contributed by atoms with Gasteiger partial charge in [0.25, 0.3) is 0 Å². The van der Waals surface area contributed by atoms with Crippen LogP contribution in [0.25, 0.3) is 0 Å². The van der Waals surface area contributed by atoms with Crippen LogP contribution in [-0.4, -0.2) is 31.9 Å². The molecule has 0 aliphatic heterocycles. The quantitative estimate of drug-likeness (QED) is 0.812. The van der Waals surface area contributed by atoms with Gasteiger partial charge in [-0.2, -0.15) is 0 Å². The molecule has 0 N–H and O–H groups in total. The van der Waals surface area contributed by atoms with Crippen molar-refractivity contribution in [3.8, 4) is 5.75 Å². The van der Waals surface area contributed by atoms with Crippen molar-refractivity contribution in [2.75, 3.05) is 21.2 Å². The summed E-state index contributed by atoms with van der Waals surface area (Å²) in [6.07, 6.45) is 0. The van der Waals surface area contributed by atoms with E-state index in [4.69, 9.17) is 16.3 Å². The molecule has 0 fully saturated rings. The number of rotatable bonds is 4. The summed E-state index contributed by atoms with van der Waals surface area (Å²) in [5.41, 5.74) is 0.878. The zero-order valence-corrected chi connectivity index (χ0v) is 10.7. The van der Waals surface area contributed by atoms with Crippen molar-refractivity contribution in [2.24, 2.45) is 0 Å². The van der Waals surface area contributed by atoms with Gasteiger partial charge in [-0.05, 0) is 38.7 Å². The summed E-state index contributed by atoms with van der Waals surface area (Å²) in [5.74, 6) is 0.706. The Kier molecular flexibility index (Phi) is 4.33. The minimum absolute atomic E-state index is 0.0891. The Morgan fingerprint density at radius 3 is 2.44 bits per heavy atom. The molecular weight excluding hydrogens is 226 g/mol. The van der Waals surface area contributed by atoms with Gasteiger partial charge in [0.2, 0.25) is 0 Å². The summed E-state index contributed by atoms with van der Waals surface area (Å²) in [5, 5.41) is 0.521. The first-order valence-electron chi connectivity index (χ1n) is 4.97. The summed E-state index contributed by atoms with van der Waals surface area (Å²) in [7, 11) is 5.30. The summed E-state index contributed by atoms with van der Waals surface area (Å²) in [4.78, 5) is 13.4. The lowest BCUT2D eigenvalue weighted by atomic mass is 10.0. The van der Waals surface area contributed by atoms with Crippen LogP contribution in [0.3, 0.4) is 0 Å². The Morgan fingerprint density at radius 1 is 1.44 bits per heavy atom. The lowest BCUT2D eigenvalue weighted by Gasteiger charge is -2.22. The average Bonchev–Trinajstić information content (AvgIpc) is 2.16. The monoisotopic (exact) mass is 241 g/mol. The summed E-state index contributed by atoms with van der Waals surface area (Å²) >= 11 is 6.03. The third-order valence-electron chi connectivity index (χ3n) is 2.39. The van der Waals surface area contributed by atoms with Crippen LogP contribution < -0.4 is 4.74 Å². The predicted molar refractivity (Wildman–Crippen MR) is 65.1 cm³/mol. The molecule has 4 heteroatoms. The number of hydrogen-bond donors (Lipinski definition) is 0. The number of ether oxygens (including phenoxy) is 1. The van der Waals surface area contributed by atoms with Crippen molar-refractivity contribution < 1.29 is 9.53 Å². The van der Waals surface area contributed by atoms with Crippen molar-refractivity contribution in [3.05, 3.63) is 28.8 Å². The molecular formula is C12H16ClNO2. The van der Waals surface area contributed by atoms with Gasteiger partial charge in [-0.25, -0.2) is 0 Å². The molecule has 1 aromatic carbocycles. The highest BCUT2D eigenvalue weighted by molar-refractivity contribution is 6.32. The van der Waals surface area contributed by atoms with Gasteiger partial charge >= 0.3 is 0 Å². The minimum Gasteiger partial charge on any atom is -0.495 e. The van der Waals surface area contributed by atoms with E-state index in [0.29, 0.717) is 10.8 Å². The van der Waals surface area contributed by atoms with E-state index in [0.717, 1.165) is 5.56 Å². The number of methoxy groups -OCH3 is 1. The highest BCUT2D eigenvalue weighted by Crippen LogP contribution is 2.29. The van der Waals surface area contributed by atoms with Gasteiger partial charge in [0, 0.05) is 0 Å². The number of nitrogens with zero attached hydrogens (tertiary/aromatic N) is 1. The molecule has 0 radical (unpaired) electrons. The maximum Gasteiger partial charge on any atom is 0.151 e. The number of likely N-dealkylation sites (N-methyl/N-ethyl adjacent to an activating group) is 1. The summed E-state index contributed by atoms with van der Waals surface area (Å²) < 4.78 is 5.07. The van der Waals surface area contributed by atoms with Crippen molar-refractivity contribution in [1.82, 2.24) is 4.90 Å². The number of carbonyl (C=O) groups excluding carboxylic acids is 1. The third kappa shape index (κ3) is 2.74. The molecule has 16 heavy (non-hydrogen) atoms. The number of ketones is 1. The van der Waals surface area contributed by atoms with E-state index in [1.54, 1.807) is 26.2 Å². The van der Waals surface area contributed by atoms with Crippen LogP contribution in [0.4, 0.5) is 0 Å².